The molecule has 1 amide bonds. The number of ether oxygens (including phenoxy) is 1. The molecule has 214 valence electrons. The van der Waals surface area contributed by atoms with Crippen LogP contribution in [0.15, 0.2) is 54.6 Å². The van der Waals surface area contributed by atoms with E-state index in [2.05, 4.69) is 13.0 Å². The Morgan fingerprint density at radius 1 is 0.700 bits per heavy atom. The number of ketones is 1. The third-order valence-corrected chi connectivity index (χ3v) is 8.30. The Bertz CT molecular complexity index is 1260. The Balaban J connectivity index is 1.15. The van der Waals surface area contributed by atoms with Gasteiger partial charge in [0.2, 0.25) is 5.91 Å². The molecule has 0 bridgehead atoms. The molecule has 1 aliphatic rings. The molecule has 0 saturated carbocycles. The molecule has 0 atom stereocenters. The highest BCUT2D eigenvalue weighted by atomic mass is 16.5. The van der Waals surface area contributed by atoms with Crippen LogP contribution in [0, 0.1) is 0 Å². The molecule has 4 nitrogen and oxygen atoms in total. The summed E-state index contributed by atoms with van der Waals surface area (Å²) in [6.45, 7) is 3.19. The van der Waals surface area contributed by atoms with Crippen LogP contribution >= 0.6 is 0 Å². The van der Waals surface area contributed by atoms with Crippen LogP contribution in [-0.2, 0) is 4.79 Å². The van der Waals surface area contributed by atoms with Gasteiger partial charge < -0.3 is 9.64 Å². The van der Waals surface area contributed by atoms with Crippen LogP contribution in [0.4, 0.5) is 0 Å². The van der Waals surface area contributed by atoms with Crippen molar-refractivity contribution in [2.45, 2.75) is 96.8 Å². The third-order valence-electron chi connectivity index (χ3n) is 8.30. The van der Waals surface area contributed by atoms with Crippen molar-refractivity contribution in [3.63, 3.8) is 0 Å². The second-order valence-corrected chi connectivity index (χ2v) is 11.4. The Hall–Kier alpha value is -3.14. The van der Waals surface area contributed by atoms with Crippen molar-refractivity contribution in [1.29, 1.82) is 0 Å². The van der Waals surface area contributed by atoms with Crippen molar-refractivity contribution in [1.82, 2.24) is 4.90 Å². The monoisotopic (exact) mass is 541 g/mol. The van der Waals surface area contributed by atoms with Crippen LogP contribution in [0.25, 0.3) is 21.9 Å². The summed E-state index contributed by atoms with van der Waals surface area (Å²) in [5.41, 5.74) is 3.43. The minimum atomic E-state index is 0.0475. The lowest BCUT2D eigenvalue weighted by molar-refractivity contribution is -0.130. The predicted octanol–water partition coefficient (Wildman–Crippen LogP) is 9.37. The smallest absolute Gasteiger partial charge is 0.222 e. The van der Waals surface area contributed by atoms with Gasteiger partial charge in [0, 0.05) is 35.5 Å². The second kappa shape index (κ2) is 15.6. The van der Waals surface area contributed by atoms with Gasteiger partial charge in [0.25, 0.3) is 0 Å². The van der Waals surface area contributed by atoms with E-state index < -0.39 is 0 Å². The number of nitrogens with zero attached hydrogens (tertiary/aromatic N) is 1. The Kier molecular flexibility index (Phi) is 11.6. The fraction of sp³-hybridized carbons (Fsp3) is 0.500. The first kappa shape index (κ1) is 29.8. The average Bonchev–Trinajstić information content (AvgIpc) is 3.27. The van der Waals surface area contributed by atoms with Crippen LogP contribution in [0.5, 0.6) is 5.75 Å². The number of benzene rings is 3. The van der Waals surface area contributed by atoms with E-state index in [1.165, 1.54) is 70.6 Å². The SMILES string of the molecule is CCCCCCCCCCCCCCCC(=O)N(C)CCOc1cc2c(c3ccccc13)-c1ccccc1C2=O. The molecule has 4 rings (SSSR count). The highest BCUT2D eigenvalue weighted by Gasteiger charge is 2.29. The summed E-state index contributed by atoms with van der Waals surface area (Å²) in [7, 11) is 1.86. The summed E-state index contributed by atoms with van der Waals surface area (Å²) in [5, 5.41) is 2.02. The van der Waals surface area contributed by atoms with Gasteiger partial charge in [-0.3, -0.25) is 9.59 Å². The van der Waals surface area contributed by atoms with E-state index in [4.69, 9.17) is 4.74 Å². The van der Waals surface area contributed by atoms with Crippen molar-refractivity contribution < 1.29 is 14.3 Å². The summed E-state index contributed by atoms with van der Waals surface area (Å²) in [6.07, 6.45) is 17.6. The molecule has 1 aliphatic carbocycles. The molecule has 3 aromatic carbocycles. The lowest BCUT2D eigenvalue weighted by atomic mass is 9.97. The van der Waals surface area contributed by atoms with E-state index in [0.29, 0.717) is 30.9 Å². The van der Waals surface area contributed by atoms with Crippen LogP contribution in [0.2, 0.25) is 0 Å². The number of likely N-dealkylation sites (N-methyl/N-ethyl adjacent to an activating group) is 1. The van der Waals surface area contributed by atoms with Crippen LogP contribution < -0.4 is 4.74 Å². The van der Waals surface area contributed by atoms with Gasteiger partial charge in [-0.25, -0.2) is 0 Å². The van der Waals surface area contributed by atoms with Gasteiger partial charge in [-0.1, -0.05) is 133 Å². The molecular weight excluding hydrogens is 494 g/mol. The summed E-state index contributed by atoms with van der Waals surface area (Å²) in [4.78, 5) is 27.5. The maximum atomic E-state index is 13.1. The van der Waals surface area contributed by atoms with Gasteiger partial charge in [-0.15, -0.1) is 0 Å². The normalized spacial score (nSPS) is 12.0. The number of carbonyl (C=O) groups excluding carboxylic acids is 2. The molecule has 0 heterocycles. The van der Waals surface area contributed by atoms with Crippen molar-refractivity contribution in [2.24, 2.45) is 0 Å². The van der Waals surface area contributed by atoms with E-state index in [9.17, 15) is 9.59 Å². The zero-order valence-electron chi connectivity index (χ0n) is 24.7. The first-order valence-corrected chi connectivity index (χ1v) is 15.7. The molecule has 0 aliphatic heterocycles. The Morgan fingerprint density at radius 2 is 1.25 bits per heavy atom. The number of hydrogen-bond donors (Lipinski definition) is 0. The molecule has 0 spiro atoms. The van der Waals surface area contributed by atoms with Gasteiger partial charge >= 0.3 is 0 Å². The molecular formula is C36H47NO3. The fourth-order valence-electron chi connectivity index (χ4n) is 5.88. The summed E-state index contributed by atoms with van der Waals surface area (Å²) >= 11 is 0. The first-order valence-electron chi connectivity index (χ1n) is 15.7. The van der Waals surface area contributed by atoms with Crippen LogP contribution in [0.1, 0.15) is 113 Å². The van der Waals surface area contributed by atoms with Crippen molar-refractivity contribution >= 4 is 22.5 Å². The number of hydrogen-bond acceptors (Lipinski definition) is 3. The van der Waals surface area contributed by atoms with E-state index in [0.717, 1.165) is 40.3 Å². The highest BCUT2D eigenvalue weighted by molar-refractivity contribution is 6.26. The topological polar surface area (TPSA) is 46.6 Å². The second-order valence-electron chi connectivity index (χ2n) is 11.4. The minimum absolute atomic E-state index is 0.0475. The van der Waals surface area contributed by atoms with Crippen LogP contribution in [-0.4, -0.2) is 36.8 Å². The summed E-state index contributed by atoms with van der Waals surface area (Å²) in [5.74, 6) is 0.926. The van der Waals surface area contributed by atoms with Gasteiger partial charge in [0.15, 0.2) is 5.78 Å². The number of fused-ring (bicyclic) bond motifs is 5. The van der Waals surface area contributed by atoms with Gasteiger partial charge in [0.05, 0.1) is 6.54 Å². The standard InChI is InChI=1S/C36H47NO3/c1-3-4-5-6-7-8-9-10-11-12-13-14-15-24-34(38)37(2)25-26-40-33-27-32-35(29-21-17-16-20-28(29)33)30-22-18-19-23-31(30)36(32)39/h16-23,27H,3-15,24-26H2,1-2H3. The van der Waals surface area contributed by atoms with Crippen LogP contribution in [0.3, 0.4) is 0 Å². The minimum Gasteiger partial charge on any atom is -0.491 e. The van der Waals surface area contributed by atoms with Crippen molar-refractivity contribution in [3.8, 4) is 16.9 Å². The number of carbonyl (C=O) groups is 2. The summed E-state index contributed by atoms with van der Waals surface area (Å²) in [6, 6.07) is 17.8. The quantitative estimate of drug-likeness (QED) is 0.118. The molecule has 0 aromatic heterocycles. The van der Waals surface area contributed by atoms with Gasteiger partial charge in [-0.05, 0) is 23.4 Å². The predicted molar refractivity (Wildman–Crippen MR) is 166 cm³/mol. The maximum Gasteiger partial charge on any atom is 0.222 e. The molecule has 3 aromatic rings. The number of amides is 1. The summed E-state index contributed by atoms with van der Waals surface area (Å²) < 4.78 is 6.19. The largest absolute Gasteiger partial charge is 0.491 e. The van der Waals surface area contributed by atoms with E-state index in [1.54, 1.807) is 4.90 Å². The number of rotatable bonds is 18. The molecule has 4 heteroatoms. The van der Waals surface area contributed by atoms with E-state index in [1.807, 2.05) is 55.6 Å². The average molecular weight is 542 g/mol. The molecule has 0 saturated heterocycles. The van der Waals surface area contributed by atoms with E-state index >= 15 is 0 Å². The zero-order chi connectivity index (χ0) is 28.2. The molecule has 0 unspecified atom stereocenters. The van der Waals surface area contributed by atoms with Crippen molar-refractivity contribution in [3.05, 3.63) is 65.7 Å². The molecule has 0 fully saturated rings. The molecule has 0 N–H and O–H groups in total. The zero-order valence-corrected chi connectivity index (χ0v) is 24.7. The first-order chi connectivity index (χ1) is 19.6. The fourth-order valence-corrected chi connectivity index (χ4v) is 5.88. The Morgan fingerprint density at radius 3 is 1.90 bits per heavy atom. The van der Waals surface area contributed by atoms with E-state index in [-0.39, 0.29) is 11.7 Å². The molecule has 0 radical (unpaired) electrons. The lowest BCUT2D eigenvalue weighted by Gasteiger charge is -2.19. The van der Waals surface area contributed by atoms with Gasteiger partial charge in [-0.2, -0.15) is 0 Å². The highest BCUT2D eigenvalue weighted by Crippen LogP contribution is 2.44. The Labute approximate surface area is 241 Å². The number of unbranched alkanes of at least 4 members (excludes halogenated alkanes) is 12. The van der Waals surface area contributed by atoms with Gasteiger partial charge in [0.1, 0.15) is 12.4 Å². The lowest BCUT2D eigenvalue weighted by Crippen LogP contribution is -2.30. The maximum absolute atomic E-state index is 13.1. The van der Waals surface area contributed by atoms with Crippen molar-refractivity contribution in [2.75, 3.05) is 20.2 Å². The third kappa shape index (κ3) is 7.74. The molecule has 40 heavy (non-hydrogen) atoms.